The highest BCUT2D eigenvalue weighted by Gasteiger charge is 2.40. The third kappa shape index (κ3) is 6.85. The molecular formula is C10H28O4Si3. The van der Waals surface area contributed by atoms with Gasteiger partial charge < -0.3 is 18.4 Å². The van der Waals surface area contributed by atoms with Gasteiger partial charge in [-0.25, -0.2) is 0 Å². The molecule has 0 bridgehead atoms. The Morgan fingerprint density at radius 2 is 1.18 bits per heavy atom. The number of hydrogen-bond acceptors (Lipinski definition) is 4. The van der Waals surface area contributed by atoms with Crippen LogP contribution >= 0.6 is 0 Å². The van der Waals surface area contributed by atoms with E-state index in [0.717, 1.165) is 0 Å². The minimum Gasteiger partial charge on any atom is -0.430 e. The Kier molecular flexibility index (Phi) is 5.80. The second-order valence-electron chi connectivity index (χ2n) is 6.22. The molecule has 0 aromatic rings. The van der Waals surface area contributed by atoms with Crippen LogP contribution in [0.1, 0.15) is 13.8 Å². The van der Waals surface area contributed by atoms with Crippen LogP contribution in [0.4, 0.5) is 0 Å². The van der Waals surface area contributed by atoms with Gasteiger partial charge in [-0.1, -0.05) is 0 Å². The lowest BCUT2D eigenvalue weighted by molar-refractivity contribution is 0.172. The summed E-state index contributed by atoms with van der Waals surface area (Å²) in [6, 6.07) is 0. The molecule has 7 heteroatoms. The zero-order chi connectivity index (χ0) is 14.1. The highest BCUT2D eigenvalue weighted by Crippen LogP contribution is 2.21. The molecule has 2 atom stereocenters. The molecule has 17 heavy (non-hydrogen) atoms. The summed E-state index contributed by atoms with van der Waals surface area (Å²) in [6.07, 6.45) is 0. The van der Waals surface area contributed by atoms with Crippen molar-refractivity contribution < 1.29 is 18.4 Å². The highest BCUT2D eigenvalue weighted by atomic mass is 28.4. The zero-order valence-corrected chi connectivity index (χ0v) is 15.4. The maximum absolute atomic E-state index is 10.0. The van der Waals surface area contributed by atoms with Gasteiger partial charge in [-0.05, 0) is 53.1 Å². The van der Waals surface area contributed by atoms with Crippen molar-refractivity contribution in [2.45, 2.75) is 64.6 Å². The summed E-state index contributed by atoms with van der Waals surface area (Å²) < 4.78 is 11.7. The molecule has 1 unspecified atom stereocenters. The van der Waals surface area contributed by atoms with Gasteiger partial charge in [0, 0.05) is 0 Å². The van der Waals surface area contributed by atoms with Crippen LogP contribution in [0.2, 0.25) is 39.3 Å². The summed E-state index contributed by atoms with van der Waals surface area (Å²) >= 11 is 0. The van der Waals surface area contributed by atoms with Gasteiger partial charge in [0.1, 0.15) is 0 Å². The maximum Gasteiger partial charge on any atom is 0.329 e. The fourth-order valence-electron chi connectivity index (χ4n) is 1.27. The predicted molar refractivity (Wildman–Crippen MR) is 78.0 cm³/mol. The maximum atomic E-state index is 10.0. The molecule has 0 fully saturated rings. The van der Waals surface area contributed by atoms with Crippen molar-refractivity contribution in [3.8, 4) is 0 Å². The third-order valence-electron chi connectivity index (χ3n) is 2.92. The fraction of sp³-hybridized carbons (Fsp3) is 1.00. The van der Waals surface area contributed by atoms with E-state index in [1.807, 2.05) is 26.9 Å². The monoisotopic (exact) mass is 296 g/mol. The van der Waals surface area contributed by atoms with E-state index < -0.39 is 25.2 Å². The Morgan fingerprint density at radius 3 is 1.47 bits per heavy atom. The van der Waals surface area contributed by atoms with E-state index in [1.165, 1.54) is 0 Å². The second kappa shape index (κ2) is 5.64. The predicted octanol–water partition coefficient (Wildman–Crippen LogP) is 1.97. The molecule has 0 saturated carbocycles. The Morgan fingerprint density at radius 1 is 0.765 bits per heavy atom. The molecular weight excluding hydrogens is 268 g/mol. The quantitative estimate of drug-likeness (QED) is 0.736. The highest BCUT2D eigenvalue weighted by molar-refractivity contribution is 6.76. The van der Waals surface area contributed by atoms with Crippen molar-refractivity contribution in [1.29, 1.82) is 0 Å². The molecule has 104 valence electrons. The third-order valence-corrected chi connectivity index (χ3v) is 9.47. The first-order chi connectivity index (χ1) is 7.26. The minimum absolute atomic E-state index is 0.0760. The standard InChI is InChI=1S/C10H28O4Si3/c1-9(15(3,4)11)13-16(5,6)10(2)14-17(7,8)12/h9-12H,1-8H3/t9?,10-/m0/s1. The molecule has 0 saturated heterocycles. The minimum atomic E-state index is -2.52. The SMILES string of the molecule is CC(O[Si](C)(C)[C@@H](C)O[Si](C)(C)O)[Si](C)(C)O. The van der Waals surface area contributed by atoms with Gasteiger partial charge in [0.2, 0.25) is 16.6 Å². The molecule has 0 aliphatic heterocycles. The molecule has 2 N–H and O–H groups in total. The molecule has 0 aromatic carbocycles. The van der Waals surface area contributed by atoms with Gasteiger partial charge in [0.05, 0.1) is 11.5 Å². The molecule has 0 aromatic heterocycles. The Labute approximate surface area is 108 Å². The normalized spacial score (nSPS) is 18.0. The largest absolute Gasteiger partial charge is 0.430 e. The summed E-state index contributed by atoms with van der Waals surface area (Å²) in [5.41, 5.74) is -0.188. The van der Waals surface area contributed by atoms with Gasteiger partial charge >= 0.3 is 8.56 Å². The topological polar surface area (TPSA) is 58.9 Å². The lowest BCUT2D eigenvalue weighted by Crippen LogP contribution is -2.55. The van der Waals surface area contributed by atoms with Crippen LogP contribution in [0, 0.1) is 0 Å². The van der Waals surface area contributed by atoms with Crippen LogP contribution < -0.4 is 0 Å². The van der Waals surface area contributed by atoms with E-state index >= 15 is 0 Å². The van der Waals surface area contributed by atoms with Crippen molar-refractivity contribution >= 4 is 25.2 Å². The average Bonchev–Trinajstić information content (AvgIpc) is 1.97. The number of hydrogen-bond donors (Lipinski definition) is 2. The van der Waals surface area contributed by atoms with Crippen LogP contribution in [0.5, 0.6) is 0 Å². The zero-order valence-electron chi connectivity index (χ0n) is 12.4. The van der Waals surface area contributed by atoms with E-state index in [2.05, 4.69) is 13.1 Å². The van der Waals surface area contributed by atoms with E-state index in [1.54, 1.807) is 13.1 Å². The first kappa shape index (κ1) is 17.5. The van der Waals surface area contributed by atoms with Crippen LogP contribution in [-0.2, 0) is 8.85 Å². The molecule has 0 radical (unpaired) electrons. The number of rotatable bonds is 6. The molecule has 0 spiro atoms. The average molecular weight is 297 g/mol. The van der Waals surface area contributed by atoms with Gasteiger partial charge in [-0.15, -0.1) is 0 Å². The van der Waals surface area contributed by atoms with Crippen molar-refractivity contribution in [2.75, 3.05) is 0 Å². The molecule has 4 nitrogen and oxygen atoms in total. The van der Waals surface area contributed by atoms with Gasteiger partial charge in [0.25, 0.3) is 0 Å². The van der Waals surface area contributed by atoms with E-state index in [4.69, 9.17) is 8.85 Å². The first-order valence-corrected chi connectivity index (χ1v) is 14.9. The van der Waals surface area contributed by atoms with Crippen molar-refractivity contribution in [3.63, 3.8) is 0 Å². The summed E-state index contributed by atoms with van der Waals surface area (Å²) in [7, 11) is -6.85. The Hall–Kier alpha value is 0.491. The molecule has 0 aliphatic rings. The molecule has 0 rings (SSSR count). The van der Waals surface area contributed by atoms with Crippen molar-refractivity contribution in [2.24, 2.45) is 0 Å². The lowest BCUT2D eigenvalue weighted by atomic mass is 10.9. The van der Waals surface area contributed by atoms with Crippen molar-refractivity contribution in [1.82, 2.24) is 0 Å². The van der Waals surface area contributed by atoms with Gasteiger partial charge in [0.15, 0.2) is 0 Å². The van der Waals surface area contributed by atoms with Gasteiger partial charge in [-0.3, -0.25) is 0 Å². The smallest absolute Gasteiger partial charge is 0.329 e. The van der Waals surface area contributed by atoms with E-state index in [0.29, 0.717) is 0 Å². The van der Waals surface area contributed by atoms with Crippen molar-refractivity contribution in [3.05, 3.63) is 0 Å². The summed E-state index contributed by atoms with van der Waals surface area (Å²) in [4.78, 5) is 19.8. The van der Waals surface area contributed by atoms with Crippen LogP contribution in [0.15, 0.2) is 0 Å². The Balaban J connectivity index is 4.57. The first-order valence-electron chi connectivity index (χ1n) is 6.06. The molecule has 0 amide bonds. The van der Waals surface area contributed by atoms with Crippen LogP contribution in [0.3, 0.4) is 0 Å². The van der Waals surface area contributed by atoms with Gasteiger partial charge in [-0.2, -0.15) is 0 Å². The molecule has 0 heterocycles. The van der Waals surface area contributed by atoms with Crippen LogP contribution in [0.25, 0.3) is 0 Å². The summed E-state index contributed by atoms with van der Waals surface area (Å²) in [6.45, 7) is 15.3. The summed E-state index contributed by atoms with van der Waals surface area (Å²) in [5, 5.41) is 0. The van der Waals surface area contributed by atoms with Crippen LogP contribution in [-0.4, -0.2) is 46.2 Å². The Bertz CT molecular complexity index is 245. The summed E-state index contributed by atoms with van der Waals surface area (Å²) in [5.74, 6) is 0. The molecule has 0 aliphatic carbocycles. The lowest BCUT2D eigenvalue weighted by Gasteiger charge is -2.37. The van der Waals surface area contributed by atoms with E-state index in [9.17, 15) is 9.59 Å². The fourth-order valence-corrected chi connectivity index (χ4v) is 7.30. The van der Waals surface area contributed by atoms with E-state index in [-0.39, 0.29) is 11.5 Å². The second-order valence-corrected chi connectivity index (χ2v) is 17.7.